The zero-order valence-electron chi connectivity index (χ0n) is 16.4. The fourth-order valence-corrected chi connectivity index (χ4v) is 4.87. The second-order valence-electron chi connectivity index (χ2n) is 6.98. The van der Waals surface area contributed by atoms with Gasteiger partial charge in [0.2, 0.25) is 11.7 Å². The number of ether oxygens (including phenoxy) is 3. The third-order valence-electron chi connectivity index (χ3n) is 5.11. The highest BCUT2D eigenvalue weighted by Gasteiger charge is 2.28. The Morgan fingerprint density at radius 3 is 3.00 bits per heavy atom. The Kier molecular flexibility index (Phi) is 5.26. The van der Waals surface area contributed by atoms with Crippen molar-refractivity contribution < 1.29 is 19.0 Å². The standard InChI is InChI=1S/C21H24N2O4S/c1-13-22-15-5-4-6-16(21(15)28-13)23(2)19(24)8-7-14-11-17(25-3)20-18(12-14)26-9-10-27-20/h7-8,11-12,16H,4-6,9-10H2,1-3H3/b8-7+. The van der Waals surface area contributed by atoms with E-state index in [4.69, 9.17) is 14.2 Å². The van der Waals surface area contributed by atoms with Gasteiger partial charge >= 0.3 is 0 Å². The molecule has 1 aromatic heterocycles. The van der Waals surface area contributed by atoms with E-state index in [-0.39, 0.29) is 11.9 Å². The number of hydrogen-bond donors (Lipinski definition) is 0. The molecule has 0 spiro atoms. The van der Waals surface area contributed by atoms with Gasteiger partial charge in [-0.2, -0.15) is 0 Å². The van der Waals surface area contributed by atoms with E-state index in [9.17, 15) is 4.79 Å². The zero-order valence-corrected chi connectivity index (χ0v) is 17.2. The van der Waals surface area contributed by atoms with Gasteiger partial charge in [0.25, 0.3) is 0 Å². The maximum atomic E-state index is 12.8. The minimum absolute atomic E-state index is 0.0299. The first-order chi connectivity index (χ1) is 13.6. The highest BCUT2D eigenvalue weighted by Crippen LogP contribution is 2.41. The molecule has 0 saturated heterocycles. The van der Waals surface area contributed by atoms with Gasteiger partial charge in [-0.15, -0.1) is 11.3 Å². The van der Waals surface area contributed by atoms with E-state index < -0.39 is 0 Å². The lowest BCUT2D eigenvalue weighted by Gasteiger charge is -2.30. The number of nitrogens with zero attached hydrogens (tertiary/aromatic N) is 2. The Balaban J connectivity index is 1.53. The number of thiazole rings is 1. The molecule has 7 heteroatoms. The van der Waals surface area contributed by atoms with E-state index in [1.165, 1.54) is 4.88 Å². The van der Waals surface area contributed by atoms with Gasteiger partial charge in [0.05, 0.1) is 28.7 Å². The molecule has 2 aliphatic rings. The first-order valence-corrected chi connectivity index (χ1v) is 10.3. The normalized spacial score (nSPS) is 18.0. The van der Waals surface area contributed by atoms with E-state index in [0.29, 0.717) is 30.5 Å². The fraction of sp³-hybridized carbons (Fsp3) is 0.429. The number of methoxy groups -OCH3 is 1. The average Bonchev–Trinajstić information content (AvgIpc) is 3.10. The van der Waals surface area contributed by atoms with E-state index in [1.807, 2.05) is 31.0 Å². The molecular formula is C21H24N2O4S. The Hall–Kier alpha value is -2.54. The summed E-state index contributed by atoms with van der Waals surface area (Å²) in [5.41, 5.74) is 1.99. The predicted molar refractivity (Wildman–Crippen MR) is 108 cm³/mol. The molecule has 1 atom stereocenters. The van der Waals surface area contributed by atoms with Gasteiger partial charge in [-0.25, -0.2) is 4.98 Å². The molecule has 0 radical (unpaired) electrons. The number of carbonyl (C=O) groups excluding carboxylic acids is 1. The van der Waals surface area contributed by atoms with Crippen molar-refractivity contribution >= 4 is 23.3 Å². The molecular weight excluding hydrogens is 376 g/mol. The van der Waals surface area contributed by atoms with E-state index >= 15 is 0 Å². The Morgan fingerprint density at radius 1 is 1.36 bits per heavy atom. The van der Waals surface area contributed by atoms with Gasteiger partial charge in [-0.05, 0) is 50.0 Å². The Bertz CT molecular complexity index is 904. The number of hydrogen-bond acceptors (Lipinski definition) is 6. The summed E-state index contributed by atoms with van der Waals surface area (Å²) < 4.78 is 16.7. The molecule has 1 amide bonds. The lowest BCUT2D eigenvalue weighted by molar-refractivity contribution is -0.127. The van der Waals surface area contributed by atoms with Crippen molar-refractivity contribution in [1.82, 2.24) is 9.88 Å². The average molecular weight is 401 g/mol. The van der Waals surface area contributed by atoms with Crippen molar-refractivity contribution in [2.24, 2.45) is 0 Å². The monoisotopic (exact) mass is 400 g/mol. The van der Waals surface area contributed by atoms with Crippen LogP contribution in [-0.2, 0) is 11.2 Å². The van der Waals surface area contributed by atoms with Crippen molar-refractivity contribution in [1.29, 1.82) is 0 Å². The van der Waals surface area contributed by atoms with Crippen LogP contribution in [0.3, 0.4) is 0 Å². The van der Waals surface area contributed by atoms with Gasteiger partial charge in [0, 0.05) is 13.1 Å². The van der Waals surface area contributed by atoms with Crippen LogP contribution in [0.2, 0.25) is 0 Å². The predicted octanol–water partition coefficient (Wildman–Crippen LogP) is 3.78. The van der Waals surface area contributed by atoms with Crippen LogP contribution >= 0.6 is 11.3 Å². The summed E-state index contributed by atoms with van der Waals surface area (Å²) in [4.78, 5) is 20.5. The number of rotatable bonds is 4. The highest BCUT2D eigenvalue weighted by molar-refractivity contribution is 7.11. The first-order valence-electron chi connectivity index (χ1n) is 9.45. The summed E-state index contributed by atoms with van der Waals surface area (Å²) >= 11 is 1.70. The topological polar surface area (TPSA) is 60.9 Å². The molecule has 0 N–H and O–H groups in total. The quantitative estimate of drug-likeness (QED) is 0.731. The van der Waals surface area contributed by atoms with Gasteiger partial charge in [-0.1, -0.05) is 0 Å². The van der Waals surface area contributed by atoms with Crippen molar-refractivity contribution in [2.75, 3.05) is 27.4 Å². The molecule has 2 heterocycles. The van der Waals surface area contributed by atoms with Crippen LogP contribution in [0.5, 0.6) is 17.2 Å². The Labute approximate surface area is 168 Å². The van der Waals surface area contributed by atoms with Gasteiger partial charge in [0.15, 0.2) is 11.5 Å². The largest absolute Gasteiger partial charge is 0.493 e. The SMILES string of the molecule is COc1cc(/C=C/C(=O)N(C)C2CCCc3nc(C)sc32)cc2c1OCCO2. The lowest BCUT2D eigenvalue weighted by atomic mass is 9.97. The molecule has 1 unspecified atom stereocenters. The van der Waals surface area contributed by atoms with Crippen LogP contribution in [-0.4, -0.2) is 43.2 Å². The van der Waals surface area contributed by atoms with E-state index in [0.717, 1.165) is 35.5 Å². The molecule has 1 aliphatic carbocycles. The third kappa shape index (κ3) is 3.58. The van der Waals surface area contributed by atoms with Crippen molar-refractivity contribution in [3.8, 4) is 17.2 Å². The van der Waals surface area contributed by atoms with Gasteiger partial charge < -0.3 is 19.1 Å². The van der Waals surface area contributed by atoms with E-state index in [1.54, 1.807) is 30.6 Å². The summed E-state index contributed by atoms with van der Waals surface area (Å²) in [6, 6.07) is 3.82. The molecule has 0 bridgehead atoms. The second kappa shape index (κ2) is 7.83. The lowest BCUT2D eigenvalue weighted by Crippen LogP contribution is -2.31. The summed E-state index contributed by atoms with van der Waals surface area (Å²) in [5.74, 6) is 1.83. The van der Waals surface area contributed by atoms with Crippen LogP contribution < -0.4 is 14.2 Å². The maximum absolute atomic E-state index is 12.8. The number of amides is 1. The molecule has 0 fully saturated rings. The number of benzene rings is 1. The van der Waals surface area contributed by atoms with Crippen LogP contribution in [0, 0.1) is 6.92 Å². The molecule has 148 valence electrons. The molecule has 6 nitrogen and oxygen atoms in total. The molecule has 0 saturated carbocycles. The smallest absolute Gasteiger partial charge is 0.246 e. The van der Waals surface area contributed by atoms with Crippen LogP contribution in [0.15, 0.2) is 18.2 Å². The maximum Gasteiger partial charge on any atom is 0.246 e. The molecule has 28 heavy (non-hydrogen) atoms. The number of fused-ring (bicyclic) bond motifs is 2. The zero-order chi connectivity index (χ0) is 19.7. The summed E-state index contributed by atoms with van der Waals surface area (Å²) in [7, 11) is 3.46. The Morgan fingerprint density at radius 2 is 2.18 bits per heavy atom. The number of likely N-dealkylation sites (N-methyl/N-ethyl adjacent to an activating group) is 1. The first kappa shape index (κ1) is 18.8. The van der Waals surface area contributed by atoms with Crippen LogP contribution in [0.25, 0.3) is 6.08 Å². The molecule has 1 aromatic carbocycles. The number of carbonyl (C=O) groups is 1. The number of aryl methyl sites for hydroxylation is 2. The molecule has 1 aliphatic heterocycles. The van der Waals surface area contributed by atoms with Crippen molar-refractivity contribution in [3.63, 3.8) is 0 Å². The van der Waals surface area contributed by atoms with Crippen molar-refractivity contribution in [2.45, 2.75) is 32.2 Å². The minimum atomic E-state index is -0.0299. The molecule has 2 aromatic rings. The van der Waals surface area contributed by atoms with Crippen molar-refractivity contribution in [3.05, 3.63) is 39.4 Å². The number of aromatic nitrogens is 1. The van der Waals surface area contributed by atoms with Crippen LogP contribution in [0.4, 0.5) is 0 Å². The third-order valence-corrected chi connectivity index (χ3v) is 6.23. The van der Waals surface area contributed by atoms with E-state index in [2.05, 4.69) is 4.98 Å². The fourth-order valence-electron chi connectivity index (χ4n) is 3.72. The van der Waals surface area contributed by atoms with Gasteiger partial charge in [0.1, 0.15) is 13.2 Å². The van der Waals surface area contributed by atoms with Gasteiger partial charge in [-0.3, -0.25) is 4.79 Å². The summed E-state index contributed by atoms with van der Waals surface area (Å²) in [6.07, 6.45) is 6.43. The summed E-state index contributed by atoms with van der Waals surface area (Å²) in [5, 5.41) is 1.07. The summed E-state index contributed by atoms with van der Waals surface area (Å²) in [6.45, 7) is 3.03. The minimum Gasteiger partial charge on any atom is -0.493 e. The second-order valence-corrected chi connectivity index (χ2v) is 8.22. The highest BCUT2D eigenvalue weighted by atomic mass is 32.1. The molecule has 4 rings (SSSR count). The van der Waals surface area contributed by atoms with Crippen LogP contribution in [0.1, 0.15) is 40.0 Å².